The minimum atomic E-state index is -0.188. The molecule has 4 heteroatoms. The summed E-state index contributed by atoms with van der Waals surface area (Å²) in [5.74, 6) is 2.53. The quantitative estimate of drug-likeness (QED) is 0.845. The predicted octanol–water partition coefficient (Wildman–Crippen LogP) is 3.68. The first-order valence-electron chi connectivity index (χ1n) is 9.93. The first kappa shape index (κ1) is 17.8. The molecule has 4 fully saturated rings. The number of carbonyl (C=O) groups excluding carboxylic acids is 1. The Labute approximate surface area is 156 Å². The Hall–Kier alpha value is -1.55. The van der Waals surface area contributed by atoms with Gasteiger partial charge in [0.05, 0.1) is 19.1 Å². The van der Waals surface area contributed by atoms with Crippen LogP contribution in [0, 0.1) is 17.3 Å². The second kappa shape index (κ2) is 6.56. The van der Waals surface area contributed by atoms with E-state index < -0.39 is 0 Å². The standard InChI is InChI=1S/C22H31NO3/c1-15(13-25-2)23-20(24)22-11-16-8-17(12-22)10-21(9-16,14-22)18-4-6-19(26-3)7-5-18/h4-7,15-17H,8-14H2,1-3H3,(H,23,24). The number of rotatable bonds is 6. The van der Waals surface area contributed by atoms with Gasteiger partial charge in [-0.25, -0.2) is 0 Å². The molecule has 3 atom stereocenters. The molecule has 1 N–H and O–H groups in total. The average Bonchev–Trinajstić information content (AvgIpc) is 2.61. The summed E-state index contributed by atoms with van der Waals surface area (Å²) in [6, 6.07) is 8.66. The van der Waals surface area contributed by atoms with Gasteiger partial charge in [-0.15, -0.1) is 0 Å². The number of nitrogens with one attached hydrogen (secondary N) is 1. The van der Waals surface area contributed by atoms with Crippen LogP contribution in [0.4, 0.5) is 0 Å². The number of benzene rings is 1. The van der Waals surface area contributed by atoms with E-state index in [-0.39, 0.29) is 22.8 Å². The third kappa shape index (κ3) is 2.92. The fourth-order valence-corrected chi connectivity index (χ4v) is 6.48. The normalized spacial score (nSPS) is 36.0. The topological polar surface area (TPSA) is 47.6 Å². The molecule has 4 bridgehead atoms. The Bertz CT molecular complexity index is 654. The molecule has 5 rings (SSSR count). The van der Waals surface area contributed by atoms with Gasteiger partial charge in [0.15, 0.2) is 0 Å². The zero-order valence-corrected chi connectivity index (χ0v) is 16.2. The average molecular weight is 357 g/mol. The van der Waals surface area contributed by atoms with Crippen molar-refractivity contribution in [3.63, 3.8) is 0 Å². The van der Waals surface area contributed by atoms with Gasteiger partial charge < -0.3 is 14.8 Å². The van der Waals surface area contributed by atoms with Crippen molar-refractivity contribution in [3.05, 3.63) is 29.8 Å². The molecular formula is C22H31NO3. The van der Waals surface area contributed by atoms with E-state index >= 15 is 0 Å². The highest BCUT2D eigenvalue weighted by molar-refractivity contribution is 5.83. The highest BCUT2D eigenvalue weighted by Crippen LogP contribution is 2.65. The number of ether oxygens (including phenoxy) is 2. The molecule has 3 unspecified atom stereocenters. The fourth-order valence-electron chi connectivity index (χ4n) is 6.48. The maximum Gasteiger partial charge on any atom is 0.226 e. The maximum atomic E-state index is 13.3. The van der Waals surface area contributed by atoms with Crippen molar-refractivity contribution in [2.24, 2.45) is 17.3 Å². The van der Waals surface area contributed by atoms with Gasteiger partial charge in [-0.3, -0.25) is 4.79 Å². The van der Waals surface area contributed by atoms with E-state index in [1.54, 1.807) is 14.2 Å². The van der Waals surface area contributed by atoms with Crippen LogP contribution in [-0.2, 0) is 14.9 Å². The summed E-state index contributed by atoms with van der Waals surface area (Å²) in [4.78, 5) is 13.3. The van der Waals surface area contributed by atoms with E-state index in [0.29, 0.717) is 18.4 Å². The molecule has 0 aromatic heterocycles. The van der Waals surface area contributed by atoms with Crippen LogP contribution in [0.2, 0.25) is 0 Å². The molecule has 0 saturated heterocycles. The molecule has 0 heterocycles. The molecular weight excluding hydrogens is 326 g/mol. The summed E-state index contributed by atoms with van der Waals surface area (Å²) >= 11 is 0. The van der Waals surface area contributed by atoms with Crippen LogP contribution in [0.1, 0.15) is 51.0 Å². The van der Waals surface area contributed by atoms with Crippen molar-refractivity contribution in [2.45, 2.75) is 56.9 Å². The molecule has 4 nitrogen and oxygen atoms in total. The molecule has 4 aliphatic carbocycles. The molecule has 4 saturated carbocycles. The van der Waals surface area contributed by atoms with Gasteiger partial charge >= 0.3 is 0 Å². The lowest BCUT2D eigenvalue weighted by Crippen LogP contribution is -2.60. The van der Waals surface area contributed by atoms with Gasteiger partial charge in [-0.2, -0.15) is 0 Å². The minimum Gasteiger partial charge on any atom is -0.497 e. The highest BCUT2D eigenvalue weighted by Gasteiger charge is 2.60. The van der Waals surface area contributed by atoms with E-state index in [9.17, 15) is 4.79 Å². The van der Waals surface area contributed by atoms with E-state index in [1.165, 1.54) is 24.8 Å². The van der Waals surface area contributed by atoms with Gasteiger partial charge in [0.1, 0.15) is 5.75 Å². The summed E-state index contributed by atoms with van der Waals surface area (Å²) in [5, 5.41) is 3.24. The van der Waals surface area contributed by atoms with Crippen molar-refractivity contribution >= 4 is 5.91 Å². The Morgan fingerprint density at radius 3 is 2.38 bits per heavy atom. The SMILES string of the molecule is COCC(C)NC(=O)C12CC3CC(C1)CC(c1ccc(OC)cc1)(C3)C2. The Morgan fingerprint density at radius 2 is 1.81 bits per heavy atom. The van der Waals surface area contributed by atoms with Gasteiger partial charge in [0, 0.05) is 13.2 Å². The van der Waals surface area contributed by atoms with E-state index in [0.717, 1.165) is 25.0 Å². The second-order valence-corrected chi connectivity index (χ2v) is 9.08. The molecule has 4 aliphatic rings. The van der Waals surface area contributed by atoms with Gasteiger partial charge in [-0.1, -0.05) is 12.1 Å². The largest absolute Gasteiger partial charge is 0.497 e. The summed E-state index contributed by atoms with van der Waals surface area (Å²) in [5.41, 5.74) is 1.37. The van der Waals surface area contributed by atoms with Crippen molar-refractivity contribution in [2.75, 3.05) is 20.8 Å². The van der Waals surface area contributed by atoms with E-state index in [1.807, 2.05) is 6.92 Å². The third-order valence-electron chi connectivity index (χ3n) is 7.04. The van der Waals surface area contributed by atoms with Crippen LogP contribution in [0.5, 0.6) is 5.75 Å². The van der Waals surface area contributed by atoms with Crippen molar-refractivity contribution in [3.8, 4) is 5.75 Å². The van der Waals surface area contributed by atoms with Crippen molar-refractivity contribution in [1.82, 2.24) is 5.32 Å². The minimum absolute atomic E-state index is 0.0671. The maximum absolute atomic E-state index is 13.3. The zero-order valence-electron chi connectivity index (χ0n) is 16.2. The molecule has 0 spiro atoms. The first-order chi connectivity index (χ1) is 12.5. The fraction of sp³-hybridized carbons (Fsp3) is 0.682. The van der Waals surface area contributed by atoms with E-state index in [2.05, 4.69) is 29.6 Å². The van der Waals surface area contributed by atoms with Gasteiger partial charge in [0.25, 0.3) is 0 Å². The van der Waals surface area contributed by atoms with Crippen molar-refractivity contribution < 1.29 is 14.3 Å². The van der Waals surface area contributed by atoms with Crippen LogP contribution in [0.15, 0.2) is 24.3 Å². The summed E-state index contributed by atoms with van der Waals surface area (Å²) in [7, 11) is 3.40. The van der Waals surface area contributed by atoms with Crippen LogP contribution < -0.4 is 10.1 Å². The molecule has 0 aliphatic heterocycles. The lowest BCUT2D eigenvalue weighted by atomic mass is 9.42. The smallest absolute Gasteiger partial charge is 0.226 e. The summed E-state index contributed by atoms with van der Waals surface area (Å²) < 4.78 is 10.5. The van der Waals surface area contributed by atoms with Crippen LogP contribution in [0.25, 0.3) is 0 Å². The molecule has 26 heavy (non-hydrogen) atoms. The second-order valence-electron chi connectivity index (χ2n) is 9.08. The Kier molecular flexibility index (Phi) is 4.50. The zero-order chi connectivity index (χ0) is 18.4. The lowest BCUT2D eigenvalue weighted by molar-refractivity contribution is -0.150. The Morgan fingerprint density at radius 1 is 1.15 bits per heavy atom. The number of carbonyl (C=O) groups is 1. The van der Waals surface area contributed by atoms with Crippen molar-refractivity contribution in [1.29, 1.82) is 0 Å². The third-order valence-corrected chi connectivity index (χ3v) is 7.04. The van der Waals surface area contributed by atoms with Gasteiger partial charge in [0.2, 0.25) is 5.91 Å². The molecule has 1 aromatic carbocycles. The first-order valence-corrected chi connectivity index (χ1v) is 9.93. The van der Waals surface area contributed by atoms with Crippen LogP contribution in [0.3, 0.4) is 0 Å². The van der Waals surface area contributed by atoms with Crippen LogP contribution >= 0.6 is 0 Å². The number of hydrogen-bond donors (Lipinski definition) is 1. The molecule has 1 amide bonds. The monoisotopic (exact) mass is 357 g/mol. The van der Waals surface area contributed by atoms with E-state index in [4.69, 9.17) is 9.47 Å². The molecule has 0 radical (unpaired) electrons. The van der Waals surface area contributed by atoms with Gasteiger partial charge in [-0.05, 0) is 80.4 Å². The number of amides is 1. The number of hydrogen-bond acceptors (Lipinski definition) is 3. The lowest BCUT2D eigenvalue weighted by Gasteiger charge is -2.61. The summed E-state index contributed by atoms with van der Waals surface area (Å²) in [6.45, 7) is 2.60. The van der Waals surface area contributed by atoms with Crippen LogP contribution in [-0.4, -0.2) is 32.8 Å². The molecule has 1 aromatic rings. The number of methoxy groups -OCH3 is 2. The predicted molar refractivity (Wildman–Crippen MR) is 101 cm³/mol. The molecule has 142 valence electrons. The Balaban J connectivity index is 1.61. The summed E-state index contributed by atoms with van der Waals surface area (Å²) in [6.07, 6.45) is 6.89. The highest BCUT2D eigenvalue weighted by atomic mass is 16.5.